The number of fused-ring (bicyclic) bond motifs is 1. The van der Waals surface area contributed by atoms with Crippen molar-refractivity contribution in [1.82, 2.24) is 14.3 Å². The van der Waals surface area contributed by atoms with E-state index in [1.807, 2.05) is 0 Å². The number of nitrogens with zero attached hydrogens (tertiary/aromatic N) is 2. The Morgan fingerprint density at radius 2 is 1.89 bits per heavy atom. The highest BCUT2D eigenvalue weighted by atomic mass is 32.2. The number of methoxy groups -OCH3 is 2. The number of ether oxygens (including phenoxy) is 2. The van der Waals surface area contributed by atoms with E-state index >= 15 is 0 Å². The summed E-state index contributed by atoms with van der Waals surface area (Å²) in [6.07, 6.45) is 2.71. The van der Waals surface area contributed by atoms with Crippen LogP contribution >= 0.6 is 0 Å². The lowest BCUT2D eigenvalue weighted by atomic mass is 10.0. The summed E-state index contributed by atoms with van der Waals surface area (Å²) in [6, 6.07) is 16.5. The summed E-state index contributed by atoms with van der Waals surface area (Å²) in [6.45, 7) is 0.0112. The van der Waals surface area contributed by atoms with Gasteiger partial charge in [0.15, 0.2) is 0 Å². The van der Waals surface area contributed by atoms with Crippen molar-refractivity contribution in [3.63, 3.8) is 0 Å². The van der Waals surface area contributed by atoms with Gasteiger partial charge in [-0.2, -0.15) is 0 Å². The number of nitrogens with one attached hydrogen (secondary N) is 1. The van der Waals surface area contributed by atoms with Crippen LogP contribution in [0.2, 0.25) is 0 Å². The molecule has 0 saturated carbocycles. The first kappa shape index (κ1) is 27.0. The first-order valence-corrected chi connectivity index (χ1v) is 13.1. The zero-order valence-corrected chi connectivity index (χ0v) is 21.7. The Kier molecular flexibility index (Phi) is 8.20. The predicted octanol–water partition coefficient (Wildman–Crippen LogP) is 3.79. The standard InChI is InChI=1S/C27H27FN4O5S/c1-36-22-8-6-18(7-9-22)15-31-38(34,35)23-5-3-4-19(12-23)24-13-20(27(33)37-2)14-25-26(24)30-17-32(25)16-21(28)10-11-29/h3-10,12-14,17,31H,11,15-16,29H2,1-2H3. The molecule has 0 radical (unpaired) electrons. The maximum Gasteiger partial charge on any atom is 0.337 e. The Morgan fingerprint density at radius 3 is 2.58 bits per heavy atom. The predicted molar refractivity (Wildman–Crippen MR) is 142 cm³/mol. The zero-order valence-electron chi connectivity index (χ0n) is 20.8. The second-order valence-electron chi connectivity index (χ2n) is 8.34. The van der Waals surface area contributed by atoms with Gasteiger partial charge in [0, 0.05) is 18.7 Å². The van der Waals surface area contributed by atoms with Crippen LogP contribution in [0.1, 0.15) is 15.9 Å². The van der Waals surface area contributed by atoms with Gasteiger partial charge in [-0.3, -0.25) is 0 Å². The van der Waals surface area contributed by atoms with Crippen LogP contribution in [0.4, 0.5) is 4.39 Å². The summed E-state index contributed by atoms with van der Waals surface area (Å²) in [5, 5.41) is 0. The van der Waals surface area contributed by atoms with E-state index in [1.165, 1.54) is 31.6 Å². The van der Waals surface area contributed by atoms with Crippen LogP contribution in [0.5, 0.6) is 5.75 Å². The van der Waals surface area contributed by atoms with Crippen molar-refractivity contribution in [3.8, 4) is 16.9 Å². The second-order valence-corrected chi connectivity index (χ2v) is 10.1. The van der Waals surface area contributed by atoms with Crippen LogP contribution in [0, 0.1) is 0 Å². The van der Waals surface area contributed by atoms with Gasteiger partial charge in [0.25, 0.3) is 0 Å². The fourth-order valence-corrected chi connectivity index (χ4v) is 5.00. The van der Waals surface area contributed by atoms with Gasteiger partial charge in [-0.05, 0) is 53.6 Å². The number of esters is 1. The number of carbonyl (C=O) groups is 1. The topological polar surface area (TPSA) is 126 Å². The molecule has 0 aliphatic heterocycles. The van der Waals surface area contributed by atoms with Crippen molar-refractivity contribution in [2.75, 3.05) is 20.8 Å². The number of nitrogens with two attached hydrogens (primary N) is 1. The summed E-state index contributed by atoms with van der Waals surface area (Å²) >= 11 is 0. The molecule has 3 aromatic carbocycles. The van der Waals surface area contributed by atoms with Crippen molar-refractivity contribution >= 4 is 27.0 Å². The molecule has 3 N–H and O–H groups in total. The van der Waals surface area contributed by atoms with Crippen molar-refractivity contribution in [3.05, 3.63) is 90.0 Å². The summed E-state index contributed by atoms with van der Waals surface area (Å²) in [5.41, 5.74) is 8.34. The number of aromatic nitrogens is 2. The molecule has 4 aromatic rings. The molecule has 0 saturated heterocycles. The number of halogens is 1. The summed E-state index contributed by atoms with van der Waals surface area (Å²) < 4.78 is 54.6. The number of sulfonamides is 1. The monoisotopic (exact) mass is 538 g/mol. The van der Waals surface area contributed by atoms with Crippen LogP contribution in [-0.4, -0.2) is 44.7 Å². The Bertz CT molecular complexity index is 1600. The van der Waals surface area contributed by atoms with E-state index in [1.54, 1.807) is 60.2 Å². The lowest BCUT2D eigenvalue weighted by molar-refractivity contribution is 0.0601. The third kappa shape index (κ3) is 5.91. The molecule has 198 valence electrons. The van der Waals surface area contributed by atoms with Crippen LogP contribution in [0.15, 0.2) is 83.8 Å². The molecule has 0 bridgehead atoms. The Labute approximate surface area is 219 Å². The fourth-order valence-electron chi connectivity index (χ4n) is 3.94. The molecule has 0 fully saturated rings. The molecule has 1 aromatic heterocycles. The highest BCUT2D eigenvalue weighted by Crippen LogP contribution is 2.31. The minimum Gasteiger partial charge on any atom is -0.497 e. The molecule has 0 amide bonds. The molecule has 4 rings (SSSR count). The number of hydrogen-bond acceptors (Lipinski definition) is 7. The van der Waals surface area contributed by atoms with Crippen molar-refractivity contribution < 1.29 is 27.1 Å². The average molecular weight is 539 g/mol. The van der Waals surface area contributed by atoms with Crippen LogP contribution in [0.3, 0.4) is 0 Å². The largest absolute Gasteiger partial charge is 0.497 e. The quantitative estimate of drug-likeness (QED) is 0.294. The number of rotatable bonds is 10. The summed E-state index contributed by atoms with van der Waals surface area (Å²) in [7, 11) is -1.06. The number of carbonyl (C=O) groups excluding carboxylic acids is 1. The lowest BCUT2D eigenvalue weighted by Crippen LogP contribution is -2.23. The van der Waals surface area contributed by atoms with Gasteiger partial charge in [0.2, 0.25) is 10.0 Å². The normalized spacial score (nSPS) is 12.1. The maximum absolute atomic E-state index is 14.2. The second kappa shape index (κ2) is 11.5. The molecule has 9 nitrogen and oxygen atoms in total. The van der Waals surface area contributed by atoms with Crippen LogP contribution < -0.4 is 15.2 Å². The SMILES string of the molecule is COC(=O)c1cc(-c2cccc(S(=O)(=O)NCc3ccc(OC)cc3)c2)c2ncn(CC(F)=CCN)c2c1. The fraction of sp³-hybridized carbons (Fsp3) is 0.185. The molecule has 0 atom stereocenters. The van der Waals surface area contributed by atoms with Gasteiger partial charge in [0.05, 0.1) is 48.6 Å². The van der Waals surface area contributed by atoms with Gasteiger partial charge in [-0.15, -0.1) is 0 Å². The Hall–Kier alpha value is -4.06. The van der Waals surface area contributed by atoms with E-state index in [0.717, 1.165) is 5.56 Å². The van der Waals surface area contributed by atoms with E-state index in [2.05, 4.69) is 9.71 Å². The van der Waals surface area contributed by atoms with Gasteiger partial charge < -0.3 is 19.8 Å². The van der Waals surface area contributed by atoms with Crippen LogP contribution in [-0.2, 0) is 27.8 Å². The van der Waals surface area contributed by atoms with Crippen molar-refractivity contribution in [1.29, 1.82) is 0 Å². The summed E-state index contributed by atoms with van der Waals surface area (Å²) in [5.74, 6) is -0.373. The molecular weight excluding hydrogens is 511 g/mol. The van der Waals surface area contributed by atoms with E-state index in [0.29, 0.717) is 27.9 Å². The van der Waals surface area contributed by atoms with E-state index in [4.69, 9.17) is 15.2 Å². The molecule has 0 aliphatic rings. The van der Waals surface area contributed by atoms with E-state index in [9.17, 15) is 17.6 Å². The highest BCUT2D eigenvalue weighted by Gasteiger charge is 2.19. The first-order chi connectivity index (χ1) is 18.2. The number of benzene rings is 3. The molecule has 1 heterocycles. The van der Waals surface area contributed by atoms with E-state index < -0.39 is 21.8 Å². The number of imidazole rings is 1. The molecule has 0 unspecified atom stereocenters. The van der Waals surface area contributed by atoms with Crippen molar-refractivity contribution in [2.24, 2.45) is 5.73 Å². The van der Waals surface area contributed by atoms with Gasteiger partial charge in [0.1, 0.15) is 11.6 Å². The first-order valence-electron chi connectivity index (χ1n) is 11.6. The average Bonchev–Trinajstić information content (AvgIpc) is 3.33. The van der Waals surface area contributed by atoms with Crippen molar-refractivity contribution in [2.45, 2.75) is 18.0 Å². The number of allylic oxidation sites excluding steroid dienone is 1. The molecule has 11 heteroatoms. The van der Waals surface area contributed by atoms with Gasteiger partial charge in [-0.25, -0.2) is 27.3 Å². The summed E-state index contributed by atoms with van der Waals surface area (Å²) in [4.78, 5) is 16.9. The molecule has 0 spiro atoms. The third-order valence-corrected chi connectivity index (χ3v) is 7.29. The zero-order chi connectivity index (χ0) is 27.3. The minimum atomic E-state index is -3.87. The molecule has 0 aliphatic carbocycles. The number of hydrogen-bond donors (Lipinski definition) is 2. The third-order valence-electron chi connectivity index (χ3n) is 5.89. The van der Waals surface area contributed by atoms with Crippen LogP contribution in [0.25, 0.3) is 22.2 Å². The highest BCUT2D eigenvalue weighted by molar-refractivity contribution is 7.89. The molecule has 38 heavy (non-hydrogen) atoms. The van der Waals surface area contributed by atoms with Gasteiger partial charge >= 0.3 is 5.97 Å². The minimum absolute atomic E-state index is 0.0384. The maximum atomic E-state index is 14.2. The molecular formula is C27H27FN4O5S. The Balaban J connectivity index is 1.71. The van der Waals surface area contributed by atoms with Gasteiger partial charge in [-0.1, -0.05) is 24.3 Å². The smallest absolute Gasteiger partial charge is 0.337 e. The lowest BCUT2D eigenvalue weighted by Gasteiger charge is -2.11. The Morgan fingerprint density at radius 1 is 1.13 bits per heavy atom. The van der Waals surface area contributed by atoms with E-state index in [-0.39, 0.29) is 30.1 Å².